The van der Waals surface area contributed by atoms with Crippen LogP contribution in [-0.4, -0.2) is 0 Å². The van der Waals surface area contributed by atoms with Gasteiger partial charge in [0, 0.05) is 0 Å². The Kier molecular flexibility index (Phi) is 5.97. The summed E-state index contributed by atoms with van der Waals surface area (Å²) in [5.41, 5.74) is 15.9. The van der Waals surface area contributed by atoms with E-state index in [0.29, 0.717) is 0 Å². The van der Waals surface area contributed by atoms with E-state index in [2.05, 4.69) is 129 Å². The molecule has 38 heavy (non-hydrogen) atoms. The summed E-state index contributed by atoms with van der Waals surface area (Å²) in [6.45, 7) is 9.76. The van der Waals surface area contributed by atoms with Crippen molar-refractivity contribution in [1.82, 2.24) is 0 Å². The molecule has 7 rings (SSSR count). The first-order valence-electron chi connectivity index (χ1n) is 13.3. The molecule has 5 aromatic rings. The molecule has 0 aliphatic heterocycles. The minimum atomic E-state index is -0.264. The maximum atomic E-state index is 3.52. The van der Waals surface area contributed by atoms with E-state index in [1.165, 1.54) is 66.8 Å². The van der Waals surface area contributed by atoms with E-state index in [1.807, 2.05) is 19.9 Å². The van der Waals surface area contributed by atoms with E-state index < -0.39 is 0 Å². The van der Waals surface area contributed by atoms with Crippen molar-refractivity contribution in [3.63, 3.8) is 0 Å². The summed E-state index contributed by atoms with van der Waals surface area (Å²) in [7, 11) is 0. The second kappa shape index (κ2) is 9.47. The first kappa shape index (κ1) is 23.9. The Morgan fingerprint density at radius 2 is 1.03 bits per heavy atom. The van der Waals surface area contributed by atoms with E-state index in [-0.39, 0.29) is 5.41 Å². The predicted molar refractivity (Wildman–Crippen MR) is 163 cm³/mol. The summed E-state index contributed by atoms with van der Waals surface area (Å²) >= 11 is 0. The highest BCUT2D eigenvalue weighted by molar-refractivity contribution is 5.99. The van der Waals surface area contributed by atoms with Crippen molar-refractivity contribution in [2.24, 2.45) is 0 Å². The number of hydrogen-bond donors (Lipinski definition) is 0. The molecule has 0 amide bonds. The average Bonchev–Trinajstić information content (AvgIpc) is 3.41. The van der Waals surface area contributed by atoms with Crippen LogP contribution >= 0.6 is 0 Å². The Labute approximate surface area is 226 Å². The van der Waals surface area contributed by atoms with Crippen LogP contribution < -0.4 is 0 Å². The second-order valence-electron chi connectivity index (χ2n) is 10.5. The van der Waals surface area contributed by atoms with Gasteiger partial charge in [-0.25, -0.2) is 0 Å². The van der Waals surface area contributed by atoms with Gasteiger partial charge in [-0.15, -0.1) is 0 Å². The normalized spacial score (nSPS) is 12.9. The Balaban J connectivity index is 0.000000399. The SMILES string of the molecule is C=CC=C(C)C.Cc1ccc(-c2cccc3c2-c2ccccc2C32c3ccccc3-c3ccccc32)cc1. The van der Waals surface area contributed by atoms with Crippen molar-refractivity contribution in [3.8, 4) is 33.4 Å². The van der Waals surface area contributed by atoms with Gasteiger partial charge in [0.15, 0.2) is 0 Å². The third kappa shape index (κ3) is 3.52. The van der Waals surface area contributed by atoms with E-state index >= 15 is 0 Å². The Hall–Kier alpha value is -4.42. The number of allylic oxidation sites excluding steroid dienone is 3. The van der Waals surface area contributed by atoms with Gasteiger partial charge in [-0.1, -0.05) is 145 Å². The molecular formula is C38H32. The third-order valence-electron chi connectivity index (χ3n) is 7.83. The maximum absolute atomic E-state index is 3.52. The summed E-state index contributed by atoms with van der Waals surface area (Å²) in [5, 5.41) is 0. The van der Waals surface area contributed by atoms with Crippen LogP contribution in [0.15, 0.2) is 140 Å². The highest BCUT2D eigenvalue weighted by Gasteiger charge is 2.51. The molecule has 0 heterocycles. The highest BCUT2D eigenvalue weighted by atomic mass is 14.5. The van der Waals surface area contributed by atoms with Crippen molar-refractivity contribution in [2.75, 3.05) is 0 Å². The minimum absolute atomic E-state index is 0.264. The van der Waals surface area contributed by atoms with Gasteiger partial charge in [0.2, 0.25) is 0 Å². The Morgan fingerprint density at radius 1 is 0.553 bits per heavy atom. The number of hydrogen-bond acceptors (Lipinski definition) is 0. The fraction of sp³-hybridized carbons (Fsp3) is 0.105. The zero-order chi connectivity index (χ0) is 26.3. The molecule has 2 aliphatic rings. The summed E-state index contributed by atoms with van der Waals surface area (Å²) in [5.74, 6) is 0. The zero-order valence-electron chi connectivity index (χ0n) is 22.3. The van der Waals surface area contributed by atoms with E-state index in [0.717, 1.165) is 0 Å². The molecule has 0 fully saturated rings. The monoisotopic (exact) mass is 488 g/mol. The van der Waals surface area contributed by atoms with Crippen molar-refractivity contribution >= 4 is 0 Å². The number of aryl methyl sites for hydroxylation is 1. The van der Waals surface area contributed by atoms with Gasteiger partial charge in [0.25, 0.3) is 0 Å². The van der Waals surface area contributed by atoms with Crippen molar-refractivity contribution in [3.05, 3.63) is 167 Å². The lowest BCUT2D eigenvalue weighted by Gasteiger charge is -2.30. The van der Waals surface area contributed by atoms with Gasteiger partial charge in [-0.05, 0) is 76.4 Å². The number of benzene rings is 5. The fourth-order valence-electron chi connectivity index (χ4n) is 6.35. The largest absolute Gasteiger partial charge is 0.0991 e. The first-order valence-corrected chi connectivity index (χ1v) is 13.3. The quantitative estimate of drug-likeness (QED) is 0.212. The van der Waals surface area contributed by atoms with Gasteiger partial charge in [0.1, 0.15) is 0 Å². The molecule has 0 aromatic heterocycles. The molecule has 0 nitrogen and oxygen atoms in total. The van der Waals surface area contributed by atoms with E-state index in [4.69, 9.17) is 0 Å². The molecule has 5 aromatic carbocycles. The van der Waals surface area contributed by atoms with Crippen LogP contribution in [-0.2, 0) is 5.41 Å². The lowest BCUT2D eigenvalue weighted by molar-refractivity contribution is 0.794. The van der Waals surface area contributed by atoms with Crippen molar-refractivity contribution in [1.29, 1.82) is 0 Å². The molecule has 0 bridgehead atoms. The van der Waals surface area contributed by atoms with Gasteiger partial charge >= 0.3 is 0 Å². The minimum Gasteiger partial charge on any atom is -0.0991 e. The van der Waals surface area contributed by atoms with Crippen LogP contribution in [0.25, 0.3) is 33.4 Å². The van der Waals surface area contributed by atoms with Crippen LogP contribution in [0.5, 0.6) is 0 Å². The van der Waals surface area contributed by atoms with Crippen LogP contribution in [0.4, 0.5) is 0 Å². The molecule has 1 spiro atoms. The van der Waals surface area contributed by atoms with Gasteiger partial charge < -0.3 is 0 Å². The van der Waals surface area contributed by atoms with Crippen LogP contribution in [0, 0.1) is 6.92 Å². The average molecular weight is 489 g/mol. The van der Waals surface area contributed by atoms with E-state index in [1.54, 1.807) is 6.08 Å². The van der Waals surface area contributed by atoms with Crippen LogP contribution in [0.1, 0.15) is 41.7 Å². The van der Waals surface area contributed by atoms with Gasteiger partial charge in [-0.2, -0.15) is 0 Å². The molecule has 0 radical (unpaired) electrons. The highest BCUT2D eigenvalue weighted by Crippen LogP contribution is 2.63. The molecule has 2 aliphatic carbocycles. The molecule has 184 valence electrons. The Bertz CT molecular complexity index is 1650. The van der Waals surface area contributed by atoms with Crippen LogP contribution in [0.2, 0.25) is 0 Å². The first-order chi connectivity index (χ1) is 18.6. The Morgan fingerprint density at radius 3 is 1.55 bits per heavy atom. The zero-order valence-corrected chi connectivity index (χ0v) is 22.3. The summed E-state index contributed by atoms with van der Waals surface area (Å²) in [6.07, 6.45) is 3.76. The molecule has 0 heteroatoms. The predicted octanol–water partition coefficient (Wildman–Crippen LogP) is 10.1. The maximum Gasteiger partial charge on any atom is 0.0725 e. The summed E-state index contributed by atoms with van der Waals surface area (Å²) < 4.78 is 0. The molecule has 0 saturated carbocycles. The van der Waals surface area contributed by atoms with Gasteiger partial charge in [0.05, 0.1) is 5.41 Å². The van der Waals surface area contributed by atoms with Gasteiger partial charge in [-0.3, -0.25) is 0 Å². The third-order valence-corrected chi connectivity index (χ3v) is 7.83. The number of rotatable bonds is 2. The smallest absolute Gasteiger partial charge is 0.0725 e. The lowest BCUT2D eigenvalue weighted by Crippen LogP contribution is -2.25. The summed E-state index contributed by atoms with van der Waals surface area (Å²) in [6, 6.07) is 42.8. The van der Waals surface area contributed by atoms with Crippen LogP contribution in [0.3, 0.4) is 0 Å². The molecule has 0 N–H and O–H groups in total. The topological polar surface area (TPSA) is 0 Å². The molecular weight excluding hydrogens is 456 g/mol. The summed E-state index contributed by atoms with van der Waals surface area (Å²) in [4.78, 5) is 0. The fourth-order valence-corrected chi connectivity index (χ4v) is 6.35. The lowest BCUT2D eigenvalue weighted by atomic mass is 9.70. The second-order valence-corrected chi connectivity index (χ2v) is 10.5. The molecule has 0 unspecified atom stereocenters. The number of fused-ring (bicyclic) bond motifs is 10. The molecule has 0 saturated heterocycles. The molecule has 0 atom stereocenters. The standard InChI is InChI=1S/C32H22.C6H10/c1-21-17-19-22(20-18-21)23-12-8-16-30-31(23)26-11-4-7-15-29(26)32(30)27-13-5-2-9-24(27)25-10-3-6-14-28(25)32;1-4-5-6(2)3/h2-20H,1H3;4-5H,1H2,2-3H3. The van der Waals surface area contributed by atoms with Crippen molar-refractivity contribution < 1.29 is 0 Å². The van der Waals surface area contributed by atoms with E-state index in [9.17, 15) is 0 Å². The van der Waals surface area contributed by atoms with Crippen molar-refractivity contribution in [2.45, 2.75) is 26.2 Å².